The number of primary sulfonamides is 1. The molecule has 1 heterocycles. The van der Waals surface area contributed by atoms with E-state index >= 15 is 0 Å². The molecule has 0 radical (unpaired) electrons. The maximum atomic E-state index is 12.4. The number of aromatic amines is 1. The molecular formula is C18H18N4O4S. The van der Waals surface area contributed by atoms with Crippen LogP contribution in [0.5, 0.6) is 5.75 Å². The molecule has 9 heteroatoms. The SMILES string of the molecule is CCc1ccc(O)c(-c2cc(C(=O)Nc3ccc(S(N)(=O)=O)cc3)[nH]n2)c1. The van der Waals surface area contributed by atoms with Crippen LogP contribution in [-0.4, -0.2) is 29.6 Å². The number of nitrogens with one attached hydrogen (secondary N) is 2. The van der Waals surface area contributed by atoms with E-state index in [1.54, 1.807) is 6.07 Å². The maximum Gasteiger partial charge on any atom is 0.273 e. The van der Waals surface area contributed by atoms with Gasteiger partial charge in [-0.05, 0) is 54.4 Å². The third-order valence-electron chi connectivity index (χ3n) is 4.01. The number of hydrogen-bond acceptors (Lipinski definition) is 5. The maximum absolute atomic E-state index is 12.4. The second kappa shape index (κ2) is 7.22. The molecule has 0 aliphatic rings. The van der Waals surface area contributed by atoms with Gasteiger partial charge in [0.15, 0.2) is 0 Å². The Morgan fingerprint density at radius 3 is 2.52 bits per heavy atom. The van der Waals surface area contributed by atoms with Crippen LogP contribution < -0.4 is 10.5 Å². The first-order valence-electron chi connectivity index (χ1n) is 8.10. The first-order valence-corrected chi connectivity index (χ1v) is 9.64. The van der Waals surface area contributed by atoms with E-state index < -0.39 is 15.9 Å². The number of aromatic nitrogens is 2. The summed E-state index contributed by atoms with van der Waals surface area (Å²) in [6, 6.07) is 12.2. The Labute approximate surface area is 156 Å². The van der Waals surface area contributed by atoms with Crippen LogP contribution in [0.4, 0.5) is 5.69 Å². The molecule has 0 unspecified atom stereocenters. The lowest BCUT2D eigenvalue weighted by Crippen LogP contribution is -2.14. The Morgan fingerprint density at radius 1 is 1.19 bits per heavy atom. The van der Waals surface area contributed by atoms with Gasteiger partial charge < -0.3 is 10.4 Å². The molecule has 1 amide bonds. The van der Waals surface area contributed by atoms with Crippen molar-refractivity contribution in [3.63, 3.8) is 0 Å². The lowest BCUT2D eigenvalue weighted by molar-refractivity contribution is 0.102. The molecule has 3 aromatic rings. The number of rotatable bonds is 5. The minimum Gasteiger partial charge on any atom is -0.507 e. The number of H-pyrrole nitrogens is 1. The Bertz CT molecular complexity index is 1090. The lowest BCUT2D eigenvalue weighted by Gasteiger charge is -2.04. The number of aromatic hydroxyl groups is 1. The summed E-state index contributed by atoms with van der Waals surface area (Å²) in [5.41, 5.74) is 2.60. The van der Waals surface area contributed by atoms with E-state index in [1.807, 2.05) is 19.1 Å². The number of benzene rings is 2. The van der Waals surface area contributed by atoms with Gasteiger partial charge in [0.1, 0.15) is 11.4 Å². The number of carbonyl (C=O) groups is 1. The predicted octanol–water partition coefficient (Wildman–Crippen LogP) is 2.24. The number of sulfonamides is 1. The number of carbonyl (C=O) groups excluding carboxylic acids is 1. The van der Waals surface area contributed by atoms with Gasteiger partial charge in [-0.3, -0.25) is 9.89 Å². The van der Waals surface area contributed by atoms with Gasteiger partial charge >= 0.3 is 0 Å². The molecule has 0 aliphatic heterocycles. The molecule has 0 spiro atoms. The Balaban J connectivity index is 1.79. The number of phenols is 1. The summed E-state index contributed by atoms with van der Waals surface area (Å²) in [6.45, 7) is 2.00. The zero-order valence-electron chi connectivity index (χ0n) is 14.4. The van der Waals surface area contributed by atoms with Gasteiger partial charge in [-0.25, -0.2) is 13.6 Å². The number of aryl methyl sites for hydroxylation is 1. The molecule has 0 bridgehead atoms. The Kier molecular flexibility index (Phi) is 4.98. The van der Waals surface area contributed by atoms with E-state index in [1.165, 1.54) is 30.3 Å². The summed E-state index contributed by atoms with van der Waals surface area (Å²) < 4.78 is 22.5. The number of anilines is 1. The van der Waals surface area contributed by atoms with E-state index in [2.05, 4.69) is 15.5 Å². The van der Waals surface area contributed by atoms with Crippen molar-refractivity contribution in [1.29, 1.82) is 0 Å². The van der Waals surface area contributed by atoms with Crippen molar-refractivity contribution in [1.82, 2.24) is 10.2 Å². The quantitative estimate of drug-likeness (QED) is 0.533. The van der Waals surface area contributed by atoms with Crippen LogP contribution >= 0.6 is 0 Å². The van der Waals surface area contributed by atoms with Crippen molar-refractivity contribution in [3.05, 3.63) is 59.8 Å². The van der Waals surface area contributed by atoms with Crippen LogP contribution in [0.25, 0.3) is 11.3 Å². The van der Waals surface area contributed by atoms with Gasteiger partial charge in [0.2, 0.25) is 10.0 Å². The first-order chi connectivity index (χ1) is 12.8. The number of hydrogen-bond donors (Lipinski definition) is 4. The van der Waals surface area contributed by atoms with E-state index in [-0.39, 0.29) is 16.3 Å². The number of phenolic OH excluding ortho intramolecular Hbond substituents is 1. The van der Waals surface area contributed by atoms with Gasteiger partial charge in [-0.2, -0.15) is 5.10 Å². The molecule has 0 aliphatic carbocycles. The summed E-state index contributed by atoms with van der Waals surface area (Å²) in [7, 11) is -3.79. The van der Waals surface area contributed by atoms with Crippen molar-refractivity contribution in [2.45, 2.75) is 18.2 Å². The van der Waals surface area contributed by atoms with Crippen LogP contribution in [0.3, 0.4) is 0 Å². The van der Waals surface area contributed by atoms with Crippen LogP contribution in [-0.2, 0) is 16.4 Å². The summed E-state index contributed by atoms with van der Waals surface area (Å²) in [6.07, 6.45) is 0.805. The number of nitrogens with zero attached hydrogens (tertiary/aromatic N) is 1. The molecular weight excluding hydrogens is 368 g/mol. The third kappa shape index (κ3) is 4.15. The summed E-state index contributed by atoms with van der Waals surface area (Å²) >= 11 is 0. The molecule has 0 atom stereocenters. The molecule has 5 N–H and O–H groups in total. The molecule has 0 saturated heterocycles. The normalized spacial score (nSPS) is 11.3. The average molecular weight is 386 g/mol. The van der Waals surface area contributed by atoms with E-state index in [9.17, 15) is 18.3 Å². The number of nitrogens with two attached hydrogens (primary N) is 1. The standard InChI is InChI=1S/C18H18N4O4S/c1-2-11-3-8-17(23)14(9-11)15-10-16(22-21-15)18(24)20-12-4-6-13(7-5-12)27(19,25)26/h3-10,23H,2H2,1H3,(H,20,24)(H,21,22)(H2,19,25,26). The minimum absolute atomic E-state index is 0.0457. The lowest BCUT2D eigenvalue weighted by atomic mass is 10.1. The number of amides is 1. The summed E-state index contributed by atoms with van der Waals surface area (Å²) in [5.74, 6) is -0.382. The summed E-state index contributed by atoms with van der Waals surface area (Å²) in [4.78, 5) is 12.3. The van der Waals surface area contributed by atoms with Crippen molar-refractivity contribution in [3.8, 4) is 17.0 Å². The second-order valence-electron chi connectivity index (χ2n) is 5.90. The van der Waals surface area contributed by atoms with Gasteiger partial charge in [-0.15, -0.1) is 0 Å². The topological polar surface area (TPSA) is 138 Å². The Morgan fingerprint density at radius 2 is 1.89 bits per heavy atom. The molecule has 2 aromatic carbocycles. The van der Waals surface area contributed by atoms with Crippen LogP contribution in [0, 0.1) is 0 Å². The van der Waals surface area contributed by atoms with Crippen molar-refractivity contribution in [2.75, 3.05) is 5.32 Å². The van der Waals surface area contributed by atoms with Gasteiger partial charge in [-0.1, -0.05) is 13.0 Å². The van der Waals surface area contributed by atoms with Gasteiger partial charge in [0, 0.05) is 11.3 Å². The van der Waals surface area contributed by atoms with Crippen molar-refractivity contribution >= 4 is 21.6 Å². The molecule has 140 valence electrons. The molecule has 0 fully saturated rings. The van der Waals surface area contributed by atoms with E-state index in [0.717, 1.165) is 12.0 Å². The largest absolute Gasteiger partial charge is 0.507 e. The second-order valence-corrected chi connectivity index (χ2v) is 7.46. The monoisotopic (exact) mass is 386 g/mol. The highest BCUT2D eigenvalue weighted by Crippen LogP contribution is 2.29. The first kappa shape index (κ1) is 18.6. The highest BCUT2D eigenvalue weighted by atomic mass is 32.2. The molecule has 27 heavy (non-hydrogen) atoms. The fraction of sp³-hybridized carbons (Fsp3) is 0.111. The molecule has 3 rings (SSSR count). The van der Waals surface area contributed by atoms with Crippen LogP contribution in [0.1, 0.15) is 23.0 Å². The fourth-order valence-electron chi connectivity index (χ4n) is 2.51. The molecule has 1 aromatic heterocycles. The third-order valence-corrected chi connectivity index (χ3v) is 4.94. The van der Waals surface area contributed by atoms with Gasteiger partial charge in [0.05, 0.1) is 10.6 Å². The van der Waals surface area contributed by atoms with E-state index in [4.69, 9.17) is 5.14 Å². The van der Waals surface area contributed by atoms with Crippen LogP contribution in [0.2, 0.25) is 0 Å². The van der Waals surface area contributed by atoms with E-state index in [0.29, 0.717) is 16.9 Å². The Hall–Kier alpha value is -3.17. The summed E-state index contributed by atoms with van der Waals surface area (Å²) in [5, 5.41) is 24.4. The highest BCUT2D eigenvalue weighted by Gasteiger charge is 2.14. The van der Waals surface area contributed by atoms with Crippen molar-refractivity contribution < 1.29 is 18.3 Å². The highest BCUT2D eigenvalue weighted by molar-refractivity contribution is 7.89. The molecule has 0 saturated carbocycles. The van der Waals surface area contributed by atoms with Crippen LogP contribution in [0.15, 0.2) is 53.4 Å². The predicted molar refractivity (Wildman–Crippen MR) is 101 cm³/mol. The zero-order valence-corrected chi connectivity index (χ0v) is 15.2. The van der Waals surface area contributed by atoms with Crippen molar-refractivity contribution in [2.24, 2.45) is 5.14 Å². The van der Waals surface area contributed by atoms with Gasteiger partial charge in [0.25, 0.3) is 5.91 Å². The molecule has 8 nitrogen and oxygen atoms in total. The smallest absolute Gasteiger partial charge is 0.273 e. The fourth-order valence-corrected chi connectivity index (χ4v) is 3.03. The zero-order chi connectivity index (χ0) is 19.6. The minimum atomic E-state index is -3.79. The average Bonchev–Trinajstić information content (AvgIpc) is 3.12.